The first-order chi connectivity index (χ1) is 8.15. The van der Waals surface area contributed by atoms with E-state index in [1.165, 1.54) is 11.3 Å². The first kappa shape index (κ1) is 12.1. The molecular weight excluding hydrogens is 258 g/mol. The van der Waals surface area contributed by atoms with Gasteiger partial charge in [-0.3, -0.25) is 9.48 Å². The van der Waals surface area contributed by atoms with E-state index in [1.807, 2.05) is 12.1 Å². The summed E-state index contributed by atoms with van der Waals surface area (Å²) < 4.78 is 2.35. The Morgan fingerprint density at radius 2 is 2.41 bits per heavy atom. The molecular formula is C11H12ClN3OS. The van der Waals surface area contributed by atoms with Crippen LogP contribution in [0.3, 0.4) is 0 Å². The van der Waals surface area contributed by atoms with Gasteiger partial charge in [-0.05, 0) is 18.2 Å². The highest BCUT2D eigenvalue weighted by Crippen LogP contribution is 2.22. The van der Waals surface area contributed by atoms with Gasteiger partial charge in [-0.1, -0.05) is 11.6 Å². The van der Waals surface area contributed by atoms with Crippen molar-refractivity contribution in [3.63, 3.8) is 0 Å². The number of carbonyl (C=O) groups is 1. The third-order valence-corrected chi connectivity index (χ3v) is 3.52. The van der Waals surface area contributed by atoms with Gasteiger partial charge in [0.25, 0.3) is 0 Å². The molecule has 0 saturated heterocycles. The second kappa shape index (κ2) is 5.33. The van der Waals surface area contributed by atoms with Crippen LogP contribution in [0.5, 0.6) is 0 Å². The predicted molar refractivity (Wildman–Crippen MR) is 68.0 cm³/mol. The van der Waals surface area contributed by atoms with Crippen molar-refractivity contribution >= 4 is 28.8 Å². The van der Waals surface area contributed by atoms with E-state index in [2.05, 4.69) is 5.10 Å². The van der Waals surface area contributed by atoms with Crippen LogP contribution in [0.2, 0.25) is 4.34 Å². The van der Waals surface area contributed by atoms with Gasteiger partial charge in [-0.2, -0.15) is 5.10 Å². The average Bonchev–Trinajstić information content (AvgIpc) is 2.90. The Morgan fingerprint density at radius 1 is 1.59 bits per heavy atom. The van der Waals surface area contributed by atoms with Crippen LogP contribution in [-0.2, 0) is 17.9 Å². The number of hydrogen-bond acceptors (Lipinski definition) is 3. The zero-order valence-electron chi connectivity index (χ0n) is 9.34. The fourth-order valence-corrected chi connectivity index (χ4v) is 2.55. The van der Waals surface area contributed by atoms with Gasteiger partial charge in [0.15, 0.2) is 0 Å². The summed E-state index contributed by atoms with van der Waals surface area (Å²) in [6.07, 6.45) is 3.43. The summed E-state index contributed by atoms with van der Waals surface area (Å²) in [5.74, 6) is 0.0261. The van der Waals surface area contributed by atoms with Crippen LogP contribution >= 0.6 is 22.9 Å². The molecule has 0 aliphatic rings. The first-order valence-electron chi connectivity index (χ1n) is 5.11. The Hall–Kier alpha value is -1.33. The maximum absolute atomic E-state index is 11.9. The molecule has 2 aromatic heterocycles. The minimum absolute atomic E-state index is 0.0261. The lowest BCUT2D eigenvalue weighted by Gasteiger charge is -2.16. The molecule has 0 aliphatic carbocycles. The number of rotatable bonds is 4. The zero-order valence-corrected chi connectivity index (χ0v) is 10.9. The molecule has 1 amide bonds. The molecule has 0 aromatic carbocycles. The molecule has 0 atom stereocenters. The van der Waals surface area contributed by atoms with Gasteiger partial charge in [0.05, 0.1) is 10.9 Å². The molecule has 2 aromatic rings. The number of amides is 1. The number of aromatic nitrogens is 2. The van der Waals surface area contributed by atoms with E-state index in [-0.39, 0.29) is 12.5 Å². The Bertz CT molecular complexity index is 495. The highest BCUT2D eigenvalue weighted by Gasteiger charge is 2.11. The van der Waals surface area contributed by atoms with Crippen LogP contribution in [0.4, 0.5) is 0 Å². The maximum atomic E-state index is 11.9. The molecule has 0 spiro atoms. The van der Waals surface area contributed by atoms with Crippen LogP contribution < -0.4 is 0 Å². The topological polar surface area (TPSA) is 38.1 Å². The van der Waals surface area contributed by atoms with E-state index in [4.69, 9.17) is 11.6 Å². The van der Waals surface area contributed by atoms with E-state index in [1.54, 1.807) is 35.1 Å². The van der Waals surface area contributed by atoms with Crippen molar-refractivity contribution in [2.45, 2.75) is 13.1 Å². The number of nitrogens with zero attached hydrogens (tertiary/aromatic N) is 3. The summed E-state index contributed by atoms with van der Waals surface area (Å²) >= 11 is 7.33. The summed E-state index contributed by atoms with van der Waals surface area (Å²) in [6, 6.07) is 5.57. The Morgan fingerprint density at radius 3 is 3.00 bits per heavy atom. The van der Waals surface area contributed by atoms with Gasteiger partial charge in [-0.15, -0.1) is 11.3 Å². The van der Waals surface area contributed by atoms with E-state index in [0.717, 1.165) is 9.21 Å². The van der Waals surface area contributed by atoms with E-state index in [0.29, 0.717) is 6.54 Å². The summed E-state index contributed by atoms with van der Waals surface area (Å²) in [7, 11) is 1.78. The molecule has 0 fully saturated rings. The summed E-state index contributed by atoms with van der Waals surface area (Å²) in [4.78, 5) is 14.6. The molecule has 0 N–H and O–H groups in total. The molecule has 0 unspecified atom stereocenters. The first-order valence-corrected chi connectivity index (χ1v) is 6.30. The molecule has 4 nitrogen and oxygen atoms in total. The minimum Gasteiger partial charge on any atom is -0.339 e. The van der Waals surface area contributed by atoms with Crippen molar-refractivity contribution in [1.29, 1.82) is 0 Å². The monoisotopic (exact) mass is 269 g/mol. The highest BCUT2D eigenvalue weighted by atomic mass is 35.5. The number of likely N-dealkylation sites (N-methyl/N-ethyl adjacent to an activating group) is 1. The minimum atomic E-state index is 0.0261. The molecule has 6 heteroatoms. The Kier molecular flexibility index (Phi) is 3.81. The number of thiophene rings is 1. The number of hydrogen-bond donors (Lipinski definition) is 0. The molecule has 2 rings (SSSR count). The van der Waals surface area contributed by atoms with Gasteiger partial charge in [-0.25, -0.2) is 0 Å². The number of carbonyl (C=O) groups excluding carboxylic acids is 1. The highest BCUT2D eigenvalue weighted by molar-refractivity contribution is 7.16. The lowest BCUT2D eigenvalue weighted by molar-refractivity contribution is -0.131. The maximum Gasteiger partial charge on any atom is 0.244 e. The van der Waals surface area contributed by atoms with Crippen LogP contribution in [0, 0.1) is 0 Å². The van der Waals surface area contributed by atoms with Crippen molar-refractivity contribution in [1.82, 2.24) is 14.7 Å². The van der Waals surface area contributed by atoms with Crippen LogP contribution in [0.25, 0.3) is 0 Å². The SMILES string of the molecule is CN(Cc1ccc(Cl)s1)C(=O)Cn1cccn1. The fraction of sp³-hybridized carbons (Fsp3) is 0.273. The zero-order chi connectivity index (χ0) is 12.3. The largest absolute Gasteiger partial charge is 0.339 e. The molecule has 17 heavy (non-hydrogen) atoms. The molecule has 0 aliphatic heterocycles. The molecule has 90 valence electrons. The van der Waals surface area contributed by atoms with Gasteiger partial charge in [0.1, 0.15) is 6.54 Å². The van der Waals surface area contributed by atoms with Crippen molar-refractivity contribution in [2.75, 3.05) is 7.05 Å². The van der Waals surface area contributed by atoms with Gasteiger partial charge in [0.2, 0.25) is 5.91 Å². The Balaban J connectivity index is 1.91. The van der Waals surface area contributed by atoms with Crippen molar-refractivity contribution in [3.8, 4) is 0 Å². The third-order valence-electron chi connectivity index (χ3n) is 2.30. The van der Waals surface area contributed by atoms with Crippen molar-refractivity contribution in [2.24, 2.45) is 0 Å². The lowest BCUT2D eigenvalue weighted by atomic mass is 10.4. The lowest BCUT2D eigenvalue weighted by Crippen LogP contribution is -2.29. The van der Waals surface area contributed by atoms with Crippen LogP contribution in [0.1, 0.15) is 4.88 Å². The standard InChI is InChI=1S/C11H12ClN3OS/c1-14(7-9-3-4-10(12)17-9)11(16)8-15-6-2-5-13-15/h2-6H,7-8H2,1H3. The van der Waals surface area contributed by atoms with Crippen molar-refractivity contribution in [3.05, 3.63) is 39.8 Å². The predicted octanol–water partition coefficient (Wildman–Crippen LogP) is 2.26. The fourth-order valence-electron chi connectivity index (χ4n) is 1.41. The van der Waals surface area contributed by atoms with E-state index < -0.39 is 0 Å². The molecule has 0 radical (unpaired) electrons. The number of halogens is 1. The van der Waals surface area contributed by atoms with E-state index in [9.17, 15) is 4.79 Å². The average molecular weight is 270 g/mol. The van der Waals surface area contributed by atoms with Crippen LogP contribution in [0.15, 0.2) is 30.6 Å². The van der Waals surface area contributed by atoms with Gasteiger partial charge < -0.3 is 4.90 Å². The Labute approximate surface area is 108 Å². The summed E-state index contributed by atoms with van der Waals surface area (Å²) in [6.45, 7) is 0.847. The molecule has 2 heterocycles. The second-order valence-corrected chi connectivity index (χ2v) is 5.46. The van der Waals surface area contributed by atoms with Crippen LogP contribution in [-0.4, -0.2) is 27.6 Å². The smallest absolute Gasteiger partial charge is 0.244 e. The van der Waals surface area contributed by atoms with E-state index >= 15 is 0 Å². The summed E-state index contributed by atoms with van der Waals surface area (Å²) in [5.41, 5.74) is 0. The molecule has 0 saturated carbocycles. The van der Waals surface area contributed by atoms with Crippen molar-refractivity contribution < 1.29 is 4.79 Å². The molecule has 0 bridgehead atoms. The normalized spacial score (nSPS) is 10.5. The van der Waals surface area contributed by atoms with Gasteiger partial charge in [0, 0.05) is 24.3 Å². The summed E-state index contributed by atoms with van der Waals surface area (Å²) in [5, 5.41) is 4.00. The second-order valence-electron chi connectivity index (χ2n) is 3.66. The third kappa shape index (κ3) is 3.31. The van der Waals surface area contributed by atoms with Gasteiger partial charge >= 0.3 is 0 Å². The quantitative estimate of drug-likeness (QED) is 0.854.